The topological polar surface area (TPSA) is 36.5 Å². The molecule has 2 atom stereocenters. The summed E-state index contributed by atoms with van der Waals surface area (Å²) in [5.41, 5.74) is 5.00. The number of rotatable bonds is 5. The molecule has 2 aliphatic rings. The lowest BCUT2D eigenvalue weighted by Crippen LogP contribution is -2.45. The molecule has 1 fully saturated rings. The average Bonchev–Trinajstić information content (AvgIpc) is 2.75. The van der Waals surface area contributed by atoms with E-state index in [4.69, 9.17) is 17.0 Å². The molecule has 148 valence electrons. The summed E-state index contributed by atoms with van der Waals surface area (Å²) in [6.07, 6.45) is 2.36. The molecule has 2 aromatic carbocycles. The Hall–Kier alpha value is -1.60. The van der Waals surface area contributed by atoms with Crippen molar-refractivity contribution in [3.63, 3.8) is 0 Å². The number of piperidine rings is 1. The Morgan fingerprint density at radius 3 is 2.89 bits per heavy atom. The molecule has 0 spiro atoms. The Morgan fingerprint density at radius 2 is 2.11 bits per heavy atom. The number of nitrogens with one attached hydrogen (secondary N) is 2. The third kappa shape index (κ3) is 4.06. The zero-order valence-corrected chi connectivity index (χ0v) is 18.0. The minimum absolute atomic E-state index is 0.338. The second-order valence-electron chi connectivity index (χ2n) is 7.38. The third-order valence-corrected chi connectivity index (χ3v) is 7.24. The van der Waals surface area contributed by atoms with Crippen LogP contribution in [0.15, 0.2) is 42.5 Å². The smallest absolute Gasteiger partial charge is 0.140 e. The van der Waals surface area contributed by atoms with Crippen molar-refractivity contribution in [2.24, 2.45) is 0 Å². The summed E-state index contributed by atoms with van der Waals surface area (Å²) in [6.45, 7) is 1.85. The molecule has 2 aliphatic heterocycles. The molecule has 2 aromatic rings. The van der Waals surface area contributed by atoms with Gasteiger partial charge in [0.15, 0.2) is 0 Å². The second-order valence-corrected chi connectivity index (χ2v) is 8.99. The molecule has 0 bridgehead atoms. The van der Waals surface area contributed by atoms with Gasteiger partial charge in [-0.15, -0.1) is 0 Å². The van der Waals surface area contributed by atoms with Crippen molar-refractivity contribution in [2.45, 2.75) is 37.2 Å². The molecule has 2 N–H and O–H groups in total. The first kappa shape index (κ1) is 19.7. The fourth-order valence-electron chi connectivity index (χ4n) is 4.10. The fourth-order valence-corrected chi connectivity index (χ4v) is 5.18. The molecular formula is C22H27N3OS2. The number of thioether (sulfide) groups is 1. The maximum absolute atomic E-state index is 5.71. The van der Waals surface area contributed by atoms with Crippen LogP contribution in [0, 0.1) is 0 Å². The monoisotopic (exact) mass is 413 g/mol. The number of anilines is 1. The largest absolute Gasteiger partial charge is 0.496 e. The zero-order chi connectivity index (χ0) is 19.5. The summed E-state index contributed by atoms with van der Waals surface area (Å²) in [4.78, 5) is 2.11. The van der Waals surface area contributed by atoms with Crippen LogP contribution in [0.25, 0.3) is 0 Å². The van der Waals surface area contributed by atoms with Gasteiger partial charge in [0.2, 0.25) is 0 Å². The van der Waals surface area contributed by atoms with Crippen LogP contribution >= 0.6 is 24.0 Å². The Balaban J connectivity index is 1.54. The van der Waals surface area contributed by atoms with Crippen molar-refractivity contribution in [2.75, 3.05) is 25.6 Å². The van der Waals surface area contributed by atoms with E-state index < -0.39 is 0 Å². The van der Waals surface area contributed by atoms with Crippen molar-refractivity contribution in [1.82, 2.24) is 10.6 Å². The van der Waals surface area contributed by atoms with Crippen LogP contribution in [-0.4, -0.2) is 31.1 Å². The highest BCUT2D eigenvalue weighted by molar-refractivity contribution is 8.23. The first-order valence-electron chi connectivity index (χ1n) is 9.79. The van der Waals surface area contributed by atoms with Crippen LogP contribution in [-0.2, 0) is 12.3 Å². The Morgan fingerprint density at radius 1 is 1.29 bits per heavy atom. The van der Waals surface area contributed by atoms with Gasteiger partial charge in [0.25, 0.3) is 0 Å². The van der Waals surface area contributed by atoms with Gasteiger partial charge in [-0.2, -0.15) is 0 Å². The summed E-state index contributed by atoms with van der Waals surface area (Å²) < 4.78 is 6.64. The molecule has 0 radical (unpaired) electrons. The third-order valence-electron chi connectivity index (χ3n) is 5.64. The Kier molecular flexibility index (Phi) is 6.21. The number of ether oxygens (including phenoxy) is 1. The van der Waals surface area contributed by atoms with E-state index in [9.17, 15) is 0 Å². The molecule has 0 saturated carbocycles. The van der Waals surface area contributed by atoms with Crippen LogP contribution in [0.1, 0.15) is 35.6 Å². The molecule has 28 heavy (non-hydrogen) atoms. The maximum atomic E-state index is 5.71. The van der Waals surface area contributed by atoms with Crippen LogP contribution < -0.4 is 20.3 Å². The molecule has 0 aromatic heterocycles. The lowest BCUT2D eigenvalue weighted by molar-refractivity contribution is 0.303. The van der Waals surface area contributed by atoms with Gasteiger partial charge in [0, 0.05) is 42.7 Å². The van der Waals surface area contributed by atoms with Crippen molar-refractivity contribution in [3.05, 3.63) is 59.2 Å². The number of hydrogen-bond acceptors (Lipinski definition) is 5. The van der Waals surface area contributed by atoms with E-state index >= 15 is 0 Å². The Bertz CT molecular complexity index is 843. The number of methoxy groups -OCH3 is 1. The van der Waals surface area contributed by atoms with Gasteiger partial charge >= 0.3 is 0 Å². The maximum Gasteiger partial charge on any atom is 0.140 e. The van der Waals surface area contributed by atoms with Crippen LogP contribution in [0.3, 0.4) is 0 Å². The van der Waals surface area contributed by atoms with Crippen LogP contribution in [0.4, 0.5) is 5.69 Å². The molecule has 4 rings (SSSR count). The second kappa shape index (κ2) is 8.82. The number of thiocarbonyl (C=S) groups is 1. The predicted molar refractivity (Wildman–Crippen MR) is 122 cm³/mol. The van der Waals surface area contributed by atoms with Gasteiger partial charge in [-0.1, -0.05) is 54.3 Å². The van der Waals surface area contributed by atoms with Gasteiger partial charge in [0.05, 0.1) is 7.11 Å². The minimum Gasteiger partial charge on any atom is -0.496 e. The van der Waals surface area contributed by atoms with E-state index in [2.05, 4.69) is 58.0 Å². The van der Waals surface area contributed by atoms with Crippen molar-refractivity contribution < 1.29 is 4.74 Å². The standard InChI is InChI=1S/C22H27N3OS2/c1-25-19-11-16(20(26-2)12-17(19)14-28-22(25)27)13-24-18-9-6-10-23-21(18)15-7-4-3-5-8-15/h3-5,7-8,11-12,18,21,23-24H,6,9-10,13-14H2,1-2H3/t18-,21-/m0/s1. The Labute approximate surface area is 177 Å². The molecular weight excluding hydrogens is 386 g/mol. The van der Waals surface area contributed by atoms with Gasteiger partial charge in [-0.3, -0.25) is 0 Å². The fraction of sp³-hybridized carbons (Fsp3) is 0.409. The minimum atomic E-state index is 0.338. The van der Waals surface area contributed by atoms with E-state index in [1.807, 2.05) is 7.05 Å². The summed E-state index contributed by atoms with van der Waals surface area (Å²) in [6, 6.07) is 15.9. The van der Waals surface area contributed by atoms with Crippen molar-refractivity contribution in [1.29, 1.82) is 0 Å². The first-order chi connectivity index (χ1) is 13.7. The summed E-state index contributed by atoms with van der Waals surface area (Å²) in [5.74, 6) is 1.86. The predicted octanol–water partition coefficient (Wildman–Crippen LogP) is 4.25. The van der Waals surface area contributed by atoms with Gasteiger partial charge in [-0.25, -0.2) is 0 Å². The highest BCUT2D eigenvalue weighted by atomic mass is 32.2. The van der Waals surface area contributed by atoms with Gasteiger partial charge in [-0.05, 0) is 42.6 Å². The highest BCUT2D eigenvalue weighted by Crippen LogP contribution is 2.37. The normalized spacial score (nSPS) is 22.1. The van der Waals surface area contributed by atoms with Crippen LogP contribution in [0.2, 0.25) is 0 Å². The zero-order valence-electron chi connectivity index (χ0n) is 16.4. The van der Waals surface area contributed by atoms with E-state index in [0.717, 1.165) is 28.9 Å². The summed E-state index contributed by atoms with van der Waals surface area (Å²) in [7, 11) is 3.80. The quantitative estimate of drug-likeness (QED) is 0.714. The summed E-state index contributed by atoms with van der Waals surface area (Å²) >= 11 is 7.19. The molecule has 4 nitrogen and oxygen atoms in total. The number of nitrogens with zero attached hydrogens (tertiary/aromatic N) is 1. The van der Waals surface area contributed by atoms with E-state index in [0.29, 0.717) is 12.1 Å². The number of fused-ring (bicyclic) bond motifs is 1. The molecule has 1 saturated heterocycles. The average molecular weight is 414 g/mol. The molecule has 0 aliphatic carbocycles. The lowest BCUT2D eigenvalue weighted by atomic mass is 9.92. The van der Waals surface area contributed by atoms with Gasteiger partial charge in [0.1, 0.15) is 10.1 Å². The van der Waals surface area contributed by atoms with E-state index in [1.165, 1.54) is 35.2 Å². The molecule has 6 heteroatoms. The van der Waals surface area contributed by atoms with Gasteiger partial charge < -0.3 is 20.3 Å². The highest BCUT2D eigenvalue weighted by Gasteiger charge is 2.26. The van der Waals surface area contributed by atoms with E-state index in [-0.39, 0.29) is 0 Å². The molecule has 2 heterocycles. The van der Waals surface area contributed by atoms with Crippen molar-refractivity contribution in [3.8, 4) is 5.75 Å². The van der Waals surface area contributed by atoms with E-state index in [1.54, 1.807) is 18.9 Å². The summed E-state index contributed by atoms with van der Waals surface area (Å²) in [5, 5.41) is 7.49. The lowest BCUT2D eigenvalue weighted by Gasteiger charge is -2.34. The van der Waals surface area contributed by atoms with Crippen molar-refractivity contribution >= 4 is 34.0 Å². The SMILES string of the molecule is COc1cc2c(cc1CN[C@H]1CCCN[C@H]1c1ccccc1)N(C)C(=S)SC2. The number of benzene rings is 2. The molecule has 0 amide bonds. The number of hydrogen-bond donors (Lipinski definition) is 2. The first-order valence-corrected chi connectivity index (χ1v) is 11.2. The van der Waals surface area contributed by atoms with Crippen LogP contribution in [0.5, 0.6) is 5.75 Å². The molecule has 0 unspecified atom stereocenters.